The third-order valence-corrected chi connectivity index (χ3v) is 6.74. The molecule has 232 valence electrons. The molecule has 0 unspecified atom stereocenters. The van der Waals surface area contributed by atoms with Crippen LogP contribution in [0.2, 0.25) is 5.28 Å². The van der Waals surface area contributed by atoms with Gasteiger partial charge < -0.3 is 27.4 Å². The molecule has 0 atom stereocenters. The number of fused-ring (bicyclic) bond motifs is 3. The highest BCUT2D eigenvalue weighted by atomic mass is 35.5. The van der Waals surface area contributed by atoms with Gasteiger partial charge in [0.1, 0.15) is 0 Å². The van der Waals surface area contributed by atoms with Crippen LogP contribution in [0.25, 0.3) is 45.0 Å². The summed E-state index contributed by atoms with van der Waals surface area (Å²) in [7, 11) is 3.87. The molecule has 0 saturated carbocycles. The first-order valence-corrected chi connectivity index (χ1v) is 14.4. The minimum atomic E-state index is 0. The minimum absolute atomic E-state index is 0. The quantitative estimate of drug-likeness (QED) is 0.247. The Morgan fingerprint density at radius 2 is 1.15 bits per heavy atom. The molecule has 0 fully saturated rings. The maximum absolute atomic E-state index is 5.62. The fourth-order valence-electron chi connectivity index (χ4n) is 4.40. The molecule has 9 rings (SSSR count). The molecule has 0 aliphatic carbocycles. The smallest absolute Gasteiger partial charge is 0.266 e. The lowest BCUT2D eigenvalue weighted by Gasteiger charge is -1.92. The van der Waals surface area contributed by atoms with Crippen molar-refractivity contribution < 1.29 is 17.1 Å². The number of hydrogen-bond acceptors (Lipinski definition) is 5. The van der Waals surface area contributed by atoms with Crippen LogP contribution in [-0.4, -0.2) is 54.1 Å². The molecule has 0 aliphatic rings. The van der Waals surface area contributed by atoms with Gasteiger partial charge in [0.15, 0.2) is 13.2 Å². The first-order valence-electron chi connectivity index (χ1n) is 14.0. The number of nitrogens with zero attached hydrogens (tertiary/aromatic N) is 9. The summed E-state index contributed by atoms with van der Waals surface area (Å²) in [6.45, 7) is 0. The third kappa shape index (κ3) is 7.67. The van der Waals surface area contributed by atoms with E-state index < -0.39 is 0 Å². The van der Waals surface area contributed by atoms with Crippen LogP contribution in [0.1, 0.15) is 0 Å². The molecule has 0 aliphatic heterocycles. The van der Waals surface area contributed by atoms with E-state index in [1.54, 1.807) is 21.8 Å². The number of halogens is 2. The average molecular weight is 654 g/mol. The fraction of sp³-hybridized carbons (Fsp3) is 0.0625. The van der Waals surface area contributed by atoms with Crippen LogP contribution in [0, 0.1) is 0 Å². The van der Waals surface area contributed by atoms with Gasteiger partial charge in [-0.3, -0.25) is 4.68 Å². The highest BCUT2D eigenvalue weighted by molar-refractivity contribution is 6.29. The lowest BCUT2D eigenvalue weighted by atomic mass is 10.3. The zero-order chi connectivity index (χ0) is 31.0. The van der Waals surface area contributed by atoms with Gasteiger partial charge in [0.05, 0.1) is 39.3 Å². The first kappa shape index (κ1) is 31.7. The molecule has 0 spiro atoms. The van der Waals surface area contributed by atoms with Crippen molar-refractivity contribution in [3.05, 3.63) is 133 Å². The molecule has 0 bridgehead atoms. The van der Waals surface area contributed by atoms with Crippen LogP contribution < -0.4 is 17.1 Å². The zero-order valence-electron chi connectivity index (χ0n) is 24.9. The third-order valence-electron chi connectivity index (χ3n) is 6.56. The molecule has 3 aromatic carbocycles. The lowest BCUT2D eigenvalue weighted by molar-refractivity contribution is -0.744. The van der Waals surface area contributed by atoms with Gasteiger partial charge in [0.2, 0.25) is 11.2 Å². The van der Waals surface area contributed by atoms with E-state index in [4.69, 9.17) is 11.6 Å². The van der Waals surface area contributed by atoms with Gasteiger partial charge in [-0.2, -0.15) is 10.2 Å². The SMILES string of the molecule is C[n+]1cccn1-c1nc2ccccc2[nH]1.Clc1nc2ccccc2[nH]1.Cn1cccn1.[Cl-].c1ccc2[nH]c(-n3cccn3)nc2c1. The van der Waals surface area contributed by atoms with Crippen molar-refractivity contribution in [2.75, 3.05) is 0 Å². The Morgan fingerprint density at radius 3 is 1.63 bits per heavy atom. The molecular weight excluding hydrogens is 623 g/mol. The van der Waals surface area contributed by atoms with E-state index >= 15 is 0 Å². The Hall–Kier alpha value is -5.72. The van der Waals surface area contributed by atoms with Crippen LogP contribution in [0.5, 0.6) is 0 Å². The van der Waals surface area contributed by atoms with E-state index in [0.717, 1.165) is 45.0 Å². The molecule has 14 heteroatoms. The number of imidazole rings is 3. The fourth-order valence-corrected chi connectivity index (χ4v) is 4.59. The zero-order valence-corrected chi connectivity index (χ0v) is 26.4. The largest absolute Gasteiger partial charge is 1.00 e. The van der Waals surface area contributed by atoms with Gasteiger partial charge in [-0.05, 0) is 60.1 Å². The Balaban J connectivity index is 0.000000125. The van der Waals surface area contributed by atoms with E-state index in [0.29, 0.717) is 5.28 Å². The molecule has 6 aromatic heterocycles. The van der Waals surface area contributed by atoms with Crippen molar-refractivity contribution in [2.24, 2.45) is 14.1 Å². The Bertz CT molecular complexity index is 2120. The van der Waals surface area contributed by atoms with Gasteiger partial charge in [-0.15, -0.1) is 4.68 Å². The highest BCUT2D eigenvalue weighted by Gasteiger charge is 2.09. The Morgan fingerprint density at radius 1 is 0.609 bits per heavy atom. The predicted octanol–water partition coefficient (Wildman–Crippen LogP) is 2.57. The summed E-state index contributed by atoms with van der Waals surface area (Å²) in [4.78, 5) is 22.3. The van der Waals surface area contributed by atoms with Crippen molar-refractivity contribution in [1.29, 1.82) is 0 Å². The number of aryl methyl sites for hydroxylation is 2. The molecule has 6 heterocycles. The van der Waals surface area contributed by atoms with E-state index in [1.807, 2.05) is 139 Å². The van der Waals surface area contributed by atoms with E-state index in [2.05, 4.69) is 40.1 Å². The van der Waals surface area contributed by atoms with E-state index in [1.165, 1.54) is 0 Å². The predicted molar refractivity (Wildman–Crippen MR) is 174 cm³/mol. The standard InChI is InChI=1S/C11H11N4.C10H8N4.C7H5ClN2.C4H6N2.ClH/c1-14-7-4-8-15(14)11-12-9-5-2-3-6-10(9)13-11;1-2-5-9-8(4-1)12-10(13-9)14-7-3-6-11-14;8-7-9-5-3-1-2-4-6(5)10-7;1-6-4-2-3-5-6;/h2-8H,1H3,(H,12,13);1-7H,(H,12,13);1-4H,(H,9,10);2-4H,1H3;1H/q+1;;;;/p-1. The van der Waals surface area contributed by atoms with Crippen molar-refractivity contribution in [1.82, 2.24) is 54.1 Å². The van der Waals surface area contributed by atoms with E-state index in [9.17, 15) is 0 Å². The lowest BCUT2D eigenvalue weighted by Crippen LogP contribution is -3.00. The molecule has 46 heavy (non-hydrogen) atoms. The minimum Gasteiger partial charge on any atom is -1.00 e. The highest BCUT2D eigenvalue weighted by Crippen LogP contribution is 2.14. The number of aromatic amines is 3. The molecule has 0 amide bonds. The van der Waals surface area contributed by atoms with Crippen LogP contribution >= 0.6 is 11.6 Å². The summed E-state index contributed by atoms with van der Waals surface area (Å²) in [5, 5.41) is 8.38. The van der Waals surface area contributed by atoms with Gasteiger partial charge in [-0.1, -0.05) is 41.1 Å². The van der Waals surface area contributed by atoms with Crippen LogP contribution in [0.4, 0.5) is 0 Å². The molecule has 0 saturated heterocycles. The second kappa shape index (κ2) is 14.8. The summed E-state index contributed by atoms with van der Waals surface area (Å²) >= 11 is 5.62. The van der Waals surface area contributed by atoms with Crippen molar-refractivity contribution in [3.8, 4) is 11.9 Å². The Labute approximate surface area is 274 Å². The average Bonchev–Trinajstić information content (AvgIpc) is 3.90. The number of H-pyrrole nitrogens is 3. The maximum Gasteiger partial charge on any atom is 0.266 e. The summed E-state index contributed by atoms with van der Waals surface area (Å²) in [6, 6.07) is 29.4. The first-order chi connectivity index (χ1) is 22.0. The van der Waals surface area contributed by atoms with Crippen LogP contribution in [0.15, 0.2) is 128 Å². The van der Waals surface area contributed by atoms with Crippen LogP contribution in [-0.2, 0) is 14.1 Å². The van der Waals surface area contributed by atoms with Gasteiger partial charge in [0.25, 0.3) is 5.95 Å². The second-order valence-electron chi connectivity index (χ2n) is 9.74. The number of para-hydroxylation sites is 6. The summed E-state index contributed by atoms with van der Waals surface area (Å²) in [5.41, 5.74) is 5.92. The van der Waals surface area contributed by atoms with Gasteiger partial charge in [0, 0.05) is 37.9 Å². The van der Waals surface area contributed by atoms with Gasteiger partial charge >= 0.3 is 0 Å². The summed E-state index contributed by atoms with van der Waals surface area (Å²) in [6.07, 6.45) is 11.2. The number of hydrogen-bond donors (Lipinski definition) is 3. The number of benzene rings is 3. The molecule has 0 radical (unpaired) electrons. The topological polar surface area (TPSA) is 130 Å². The summed E-state index contributed by atoms with van der Waals surface area (Å²) < 4.78 is 7.39. The molecule has 3 N–H and O–H groups in total. The van der Waals surface area contributed by atoms with E-state index in [-0.39, 0.29) is 12.4 Å². The van der Waals surface area contributed by atoms with Crippen molar-refractivity contribution >= 4 is 44.7 Å². The maximum atomic E-state index is 5.62. The number of nitrogens with one attached hydrogen (secondary N) is 3. The monoisotopic (exact) mass is 652 g/mol. The summed E-state index contributed by atoms with van der Waals surface area (Å²) in [5.74, 6) is 1.58. The molecular formula is C32H30Cl2N12. The van der Waals surface area contributed by atoms with Crippen LogP contribution in [0.3, 0.4) is 0 Å². The normalized spacial score (nSPS) is 10.3. The Kier molecular flexibility index (Phi) is 10.2. The molecule has 9 aromatic rings. The van der Waals surface area contributed by atoms with Crippen molar-refractivity contribution in [3.63, 3.8) is 0 Å². The van der Waals surface area contributed by atoms with Gasteiger partial charge in [-0.25, -0.2) is 19.6 Å². The number of rotatable bonds is 2. The van der Waals surface area contributed by atoms with Crippen molar-refractivity contribution in [2.45, 2.75) is 0 Å². The number of aromatic nitrogens is 12. The molecule has 12 nitrogen and oxygen atoms in total. The second-order valence-corrected chi connectivity index (χ2v) is 10.1.